The van der Waals surface area contributed by atoms with Crippen LogP contribution in [0.25, 0.3) is 5.65 Å². The SMILES string of the molecule is CCOC(=O)CCc1cc(C2CC2)cn2cc(CNc3cc(NC=O)ncn3)nc12.Clc1cccc(C2CC2)c1. The number of benzene rings is 1. The van der Waals surface area contributed by atoms with Crippen molar-refractivity contribution in [3.8, 4) is 0 Å². The Bertz CT molecular complexity index is 1480. The highest BCUT2D eigenvalue weighted by molar-refractivity contribution is 6.30. The number of anilines is 2. The van der Waals surface area contributed by atoms with E-state index in [1.54, 1.807) is 6.07 Å². The third-order valence-electron chi connectivity index (χ3n) is 6.87. The molecule has 0 aliphatic heterocycles. The molecule has 9 nitrogen and oxygen atoms in total. The summed E-state index contributed by atoms with van der Waals surface area (Å²) < 4.78 is 7.12. The van der Waals surface area contributed by atoms with Crippen molar-refractivity contribution in [2.24, 2.45) is 0 Å². The number of pyridine rings is 1. The number of aryl methyl sites for hydroxylation is 1. The highest BCUT2D eigenvalue weighted by Crippen LogP contribution is 2.41. The van der Waals surface area contributed by atoms with E-state index in [0.29, 0.717) is 50.0 Å². The molecular weight excluding hydrogens is 528 g/mol. The number of amides is 1. The van der Waals surface area contributed by atoms with Crippen LogP contribution in [0.5, 0.6) is 0 Å². The predicted octanol–water partition coefficient (Wildman–Crippen LogP) is 5.90. The molecule has 6 rings (SSSR count). The molecule has 0 saturated heterocycles. The zero-order chi connectivity index (χ0) is 27.9. The van der Waals surface area contributed by atoms with Crippen molar-refractivity contribution >= 4 is 41.3 Å². The number of carbonyl (C=O) groups excluding carboxylic acids is 2. The molecule has 4 aromatic rings. The van der Waals surface area contributed by atoms with Crippen molar-refractivity contribution in [2.45, 2.75) is 63.8 Å². The van der Waals surface area contributed by atoms with Crippen molar-refractivity contribution in [1.29, 1.82) is 0 Å². The van der Waals surface area contributed by atoms with E-state index in [0.717, 1.165) is 27.8 Å². The molecule has 208 valence electrons. The first kappa shape index (κ1) is 27.6. The standard InChI is InChI=1S/C21H24N6O3.C9H9Cl/c1-2-30-20(29)6-5-15-7-16(14-3-4-14)10-27-11-17(26-21(15)27)9-22-18-8-19(25-13-28)24-12-23-18;10-9-3-1-2-8(6-9)7-4-5-7/h7-8,10-14H,2-6,9H2,1H3,(H2,22,23,24,25,28);1-3,6-7H,4-5H2. The van der Waals surface area contributed by atoms with Crippen LogP contribution in [-0.4, -0.2) is 38.3 Å². The largest absolute Gasteiger partial charge is 0.466 e. The number of aromatic nitrogens is 4. The van der Waals surface area contributed by atoms with Crippen LogP contribution in [0.4, 0.5) is 11.6 Å². The maximum Gasteiger partial charge on any atom is 0.306 e. The summed E-state index contributed by atoms with van der Waals surface area (Å²) in [6, 6.07) is 12.0. The van der Waals surface area contributed by atoms with Gasteiger partial charge in [0.25, 0.3) is 0 Å². The molecule has 1 amide bonds. The number of nitrogens with one attached hydrogen (secondary N) is 2. The number of hydrogen-bond acceptors (Lipinski definition) is 7. The second-order valence-electron chi connectivity index (χ2n) is 10.1. The molecular formula is C30H33ClN6O3. The maximum atomic E-state index is 11.8. The summed E-state index contributed by atoms with van der Waals surface area (Å²) >= 11 is 5.82. The van der Waals surface area contributed by atoms with Crippen LogP contribution in [0.3, 0.4) is 0 Å². The second kappa shape index (κ2) is 12.9. The van der Waals surface area contributed by atoms with Crippen LogP contribution in [0, 0.1) is 0 Å². The van der Waals surface area contributed by atoms with Crippen molar-refractivity contribution in [1.82, 2.24) is 19.4 Å². The number of esters is 1. The van der Waals surface area contributed by atoms with Gasteiger partial charge >= 0.3 is 5.97 Å². The maximum absolute atomic E-state index is 11.8. The van der Waals surface area contributed by atoms with Crippen LogP contribution in [0.2, 0.25) is 5.02 Å². The Morgan fingerprint density at radius 1 is 1.07 bits per heavy atom. The molecule has 3 heterocycles. The van der Waals surface area contributed by atoms with E-state index in [9.17, 15) is 9.59 Å². The van der Waals surface area contributed by atoms with E-state index in [-0.39, 0.29) is 5.97 Å². The van der Waals surface area contributed by atoms with Gasteiger partial charge < -0.3 is 19.8 Å². The van der Waals surface area contributed by atoms with Gasteiger partial charge in [0.15, 0.2) is 0 Å². The fraction of sp³-hybridized carbons (Fsp3) is 0.367. The van der Waals surface area contributed by atoms with E-state index in [1.165, 1.54) is 43.1 Å². The first-order valence-corrected chi connectivity index (χ1v) is 14.1. The molecule has 0 bridgehead atoms. The van der Waals surface area contributed by atoms with Crippen molar-refractivity contribution in [3.05, 3.63) is 82.5 Å². The van der Waals surface area contributed by atoms with E-state index >= 15 is 0 Å². The highest BCUT2D eigenvalue weighted by Gasteiger charge is 2.25. The van der Waals surface area contributed by atoms with Crippen molar-refractivity contribution in [3.63, 3.8) is 0 Å². The van der Waals surface area contributed by atoms with Gasteiger partial charge in [0.05, 0.1) is 18.8 Å². The normalized spacial score (nSPS) is 14.2. The van der Waals surface area contributed by atoms with Crippen molar-refractivity contribution in [2.75, 3.05) is 17.2 Å². The van der Waals surface area contributed by atoms with Gasteiger partial charge in [0.1, 0.15) is 23.6 Å². The average molecular weight is 561 g/mol. The molecule has 2 aliphatic rings. The summed E-state index contributed by atoms with van der Waals surface area (Å²) in [5, 5.41) is 6.57. The lowest BCUT2D eigenvalue weighted by atomic mass is 10.1. The lowest BCUT2D eigenvalue weighted by Crippen LogP contribution is -2.06. The molecule has 0 atom stereocenters. The van der Waals surface area contributed by atoms with Gasteiger partial charge in [-0.3, -0.25) is 9.59 Å². The average Bonchev–Trinajstić information content (AvgIpc) is 3.88. The molecule has 0 radical (unpaired) electrons. The van der Waals surface area contributed by atoms with Crippen LogP contribution in [-0.2, 0) is 27.3 Å². The van der Waals surface area contributed by atoms with Gasteiger partial charge in [-0.2, -0.15) is 0 Å². The molecule has 2 aliphatic carbocycles. The number of rotatable bonds is 11. The lowest BCUT2D eigenvalue weighted by Gasteiger charge is -2.07. The fourth-order valence-corrected chi connectivity index (χ4v) is 4.77. The second-order valence-corrected chi connectivity index (χ2v) is 10.5. The Balaban J connectivity index is 0.000000269. The van der Waals surface area contributed by atoms with Gasteiger partial charge in [0.2, 0.25) is 6.41 Å². The zero-order valence-corrected chi connectivity index (χ0v) is 23.2. The summed E-state index contributed by atoms with van der Waals surface area (Å²) in [5.41, 5.74) is 5.46. The number of hydrogen-bond donors (Lipinski definition) is 2. The molecule has 40 heavy (non-hydrogen) atoms. The zero-order valence-electron chi connectivity index (χ0n) is 22.5. The Morgan fingerprint density at radius 2 is 1.85 bits per heavy atom. The molecule has 2 N–H and O–H groups in total. The topological polar surface area (TPSA) is 111 Å². The van der Waals surface area contributed by atoms with E-state index in [1.807, 2.05) is 29.7 Å². The minimum atomic E-state index is -0.190. The molecule has 1 aromatic carbocycles. The van der Waals surface area contributed by atoms with Crippen LogP contribution in [0.1, 0.15) is 73.2 Å². The number of imidazole rings is 1. The van der Waals surface area contributed by atoms with Gasteiger partial charge in [0, 0.05) is 29.9 Å². The Hall–Kier alpha value is -3.98. The van der Waals surface area contributed by atoms with Gasteiger partial charge in [-0.25, -0.2) is 15.0 Å². The van der Waals surface area contributed by atoms with Crippen LogP contribution < -0.4 is 10.6 Å². The summed E-state index contributed by atoms with van der Waals surface area (Å²) in [6.45, 7) is 2.67. The molecule has 0 spiro atoms. The molecule has 10 heteroatoms. The first-order valence-electron chi connectivity index (χ1n) is 13.7. The van der Waals surface area contributed by atoms with Gasteiger partial charge in [-0.1, -0.05) is 29.8 Å². The minimum absolute atomic E-state index is 0.190. The van der Waals surface area contributed by atoms with E-state index in [4.69, 9.17) is 21.3 Å². The summed E-state index contributed by atoms with van der Waals surface area (Å²) in [5.74, 6) is 2.24. The number of carbonyl (C=O) groups is 2. The Kier molecular flexibility index (Phi) is 8.91. The number of fused-ring (bicyclic) bond motifs is 1. The smallest absolute Gasteiger partial charge is 0.306 e. The molecule has 0 unspecified atom stereocenters. The lowest BCUT2D eigenvalue weighted by molar-refractivity contribution is -0.143. The Morgan fingerprint density at radius 3 is 2.58 bits per heavy atom. The fourth-order valence-electron chi connectivity index (χ4n) is 4.57. The third-order valence-corrected chi connectivity index (χ3v) is 7.11. The van der Waals surface area contributed by atoms with Crippen LogP contribution >= 0.6 is 11.6 Å². The molecule has 3 aromatic heterocycles. The van der Waals surface area contributed by atoms with Crippen LogP contribution in [0.15, 0.2) is 55.1 Å². The van der Waals surface area contributed by atoms with E-state index < -0.39 is 0 Å². The first-order chi connectivity index (χ1) is 19.5. The number of halogens is 1. The van der Waals surface area contributed by atoms with Gasteiger partial charge in [-0.15, -0.1) is 0 Å². The predicted molar refractivity (Wildman–Crippen MR) is 155 cm³/mol. The monoisotopic (exact) mass is 560 g/mol. The number of nitrogens with zero attached hydrogens (tertiary/aromatic N) is 4. The minimum Gasteiger partial charge on any atom is -0.466 e. The Labute approximate surface area is 238 Å². The summed E-state index contributed by atoms with van der Waals surface area (Å²) in [7, 11) is 0. The number of ether oxygens (including phenoxy) is 1. The molecule has 2 saturated carbocycles. The quantitative estimate of drug-likeness (QED) is 0.174. The molecule has 2 fully saturated rings. The van der Waals surface area contributed by atoms with E-state index in [2.05, 4.69) is 45.0 Å². The van der Waals surface area contributed by atoms with Crippen molar-refractivity contribution < 1.29 is 14.3 Å². The summed E-state index contributed by atoms with van der Waals surface area (Å²) in [4.78, 5) is 35.3. The highest BCUT2D eigenvalue weighted by atomic mass is 35.5. The third kappa shape index (κ3) is 7.57. The van der Waals surface area contributed by atoms with Gasteiger partial charge in [-0.05, 0) is 79.7 Å². The summed E-state index contributed by atoms with van der Waals surface area (Å²) in [6.07, 6.45) is 12.1.